The fraction of sp³-hybridized carbons (Fsp3) is 0.855. The van der Waals surface area contributed by atoms with E-state index in [0.717, 1.165) is 57.8 Å². The highest BCUT2D eigenvalue weighted by Gasteiger charge is 2.51. The Hall–Kier alpha value is -2.05. The molecule has 12 atom stereocenters. The number of aliphatic hydroxyl groups excluding tert-OH is 8. The lowest BCUT2D eigenvalue weighted by Gasteiger charge is -2.46. The van der Waals surface area contributed by atoms with Gasteiger partial charge in [0.1, 0.15) is 48.8 Å². The second-order valence-corrected chi connectivity index (χ2v) is 21.8. The topological polar surface area (TPSA) is 228 Å². The van der Waals surface area contributed by atoms with Crippen molar-refractivity contribution in [2.45, 2.75) is 319 Å². The molecule has 14 heteroatoms. The molecule has 12 unspecified atom stereocenters. The molecule has 0 aliphatic carbocycles. The van der Waals surface area contributed by atoms with Crippen LogP contribution in [0.25, 0.3) is 0 Å². The number of nitrogens with one attached hydrogen (secondary N) is 1. The zero-order valence-electron chi connectivity index (χ0n) is 47.7. The van der Waals surface area contributed by atoms with Gasteiger partial charge in [-0.25, -0.2) is 0 Å². The molecule has 14 nitrogen and oxygen atoms in total. The summed E-state index contributed by atoms with van der Waals surface area (Å²) >= 11 is 0. The molecule has 9 N–H and O–H groups in total. The molecule has 2 fully saturated rings. The van der Waals surface area contributed by atoms with Crippen LogP contribution in [0.4, 0.5) is 0 Å². The second kappa shape index (κ2) is 47.7. The first-order chi connectivity index (χ1) is 37.1. The van der Waals surface area contributed by atoms with Crippen LogP contribution >= 0.6 is 0 Å². The molecule has 0 aromatic rings. The standard InChI is InChI=1S/C62H113NO13/c1-3-5-7-9-11-13-15-17-19-20-21-22-23-24-25-26-27-28-29-30-32-33-35-37-39-41-43-45-51(66)50(63-54(67)46-44-42-40-38-36-34-31-18-16-14-12-10-8-6-4-2)49-73-61-59(72)57(70)60(53(48-65)75-61)76-62-58(71)56(69)55(68)52(47-64)74-62/h12,14,18,31,35,37,43,45,50-53,55-62,64-66,68-72H,3-11,13,15-17,19-30,32-34,36,38-42,44,46-49H2,1-2H3,(H,63,67)/b14-12-,31-18-,37-35+,45-43+. The van der Waals surface area contributed by atoms with Crippen LogP contribution in [-0.4, -0.2) is 140 Å². The third-order valence-corrected chi connectivity index (χ3v) is 15.0. The van der Waals surface area contributed by atoms with Crippen molar-refractivity contribution in [1.82, 2.24) is 5.32 Å². The first-order valence-electron chi connectivity index (χ1n) is 30.9. The summed E-state index contributed by atoms with van der Waals surface area (Å²) in [4.78, 5) is 13.2. The lowest BCUT2D eigenvalue weighted by atomic mass is 9.97. The molecule has 0 spiro atoms. The molecular weight excluding hydrogens is 967 g/mol. The van der Waals surface area contributed by atoms with Gasteiger partial charge in [-0.2, -0.15) is 0 Å². The third-order valence-electron chi connectivity index (χ3n) is 15.0. The van der Waals surface area contributed by atoms with Crippen molar-refractivity contribution >= 4 is 5.91 Å². The van der Waals surface area contributed by atoms with Gasteiger partial charge in [0, 0.05) is 6.42 Å². The van der Waals surface area contributed by atoms with E-state index >= 15 is 0 Å². The number of aliphatic hydroxyl groups is 8. The summed E-state index contributed by atoms with van der Waals surface area (Å²) in [6, 6.07) is -0.940. The number of unbranched alkanes of at least 4 members (excludes halogenated alkanes) is 30. The van der Waals surface area contributed by atoms with Gasteiger partial charge in [0.05, 0.1) is 32.0 Å². The predicted octanol–water partition coefficient (Wildman–Crippen LogP) is 10.8. The number of hydrogen-bond acceptors (Lipinski definition) is 13. The van der Waals surface area contributed by atoms with E-state index in [1.807, 2.05) is 6.08 Å². The van der Waals surface area contributed by atoms with Crippen molar-refractivity contribution in [2.75, 3.05) is 19.8 Å². The fourth-order valence-electron chi connectivity index (χ4n) is 9.99. The van der Waals surface area contributed by atoms with Crippen molar-refractivity contribution in [2.24, 2.45) is 0 Å². The van der Waals surface area contributed by atoms with Gasteiger partial charge in [-0.3, -0.25) is 4.79 Å². The predicted molar refractivity (Wildman–Crippen MR) is 304 cm³/mol. The van der Waals surface area contributed by atoms with E-state index in [1.165, 1.54) is 154 Å². The quantitative estimate of drug-likeness (QED) is 0.0204. The van der Waals surface area contributed by atoms with Crippen molar-refractivity contribution in [3.05, 3.63) is 48.6 Å². The first kappa shape index (κ1) is 70.1. The van der Waals surface area contributed by atoms with Gasteiger partial charge in [0.2, 0.25) is 5.91 Å². The Labute approximate surface area is 461 Å². The lowest BCUT2D eigenvalue weighted by Crippen LogP contribution is -2.65. The van der Waals surface area contributed by atoms with E-state index in [4.69, 9.17) is 18.9 Å². The SMILES string of the molecule is CCCCC/C=C\C/C=C\CCCCCCCC(=O)NC(COC1OC(CO)C(OC2OC(CO)C(O)C(O)C2O)C(O)C1O)C(O)/C=C/CC/C=C/CCCCCCCCCCCCCCCCCCCCCCC. The molecule has 0 saturated carbocycles. The number of carbonyl (C=O) groups excluding carboxylic acids is 1. The van der Waals surface area contributed by atoms with E-state index in [1.54, 1.807) is 6.08 Å². The highest BCUT2D eigenvalue weighted by molar-refractivity contribution is 5.76. The molecule has 2 rings (SSSR count). The van der Waals surface area contributed by atoms with Crippen LogP contribution in [0.15, 0.2) is 48.6 Å². The number of rotatable bonds is 49. The molecule has 0 aromatic heterocycles. The Balaban J connectivity index is 1.75. The summed E-state index contributed by atoms with van der Waals surface area (Å²) < 4.78 is 22.7. The Bertz CT molecular complexity index is 1460. The molecule has 76 heavy (non-hydrogen) atoms. The van der Waals surface area contributed by atoms with Crippen LogP contribution in [-0.2, 0) is 23.7 Å². The molecule has 2 saturated heterocycles. The lowest BCUT2D eigenvalue weighted by molar-refractivity contribution is -0.359. The molecule has 2 heterocycles. The molecular formula is C62H113NO13. The summed E-state index contributed by atoms with van der Waals surface area (Å²) in [6.45, 7) is 2.75. The van der Waals surface area contributed by atoms with Crippen molar-refractivity contribution in [3.63, 3.8) is 0 Å². The van der Waals surface area contributed by atoms with E-state index in [0.29, 0.717) is 12.8 Å². The third kappa shape index (κ3) is 32.9. The minimum Gasteiger partial charge on any atom is -0.394 e. The van der Waals surface area contributed by atoms with Crippen molar-refractivity contribution in [3.8, 4) is 0 Å². The molecule has 0 aromatic carbocycles. The Kier molecular flexibility index (Phi) is 44.0. The summed E-state index contributed by atoms with van der Waals surface area (Å²) in [5, 5.41) is 87.1. The molecule has 2 aliphatic rings. The Morgan fingerprint density at radius 2 is 0.882 bits per heavy atom. The summed E-state index contributed by atoms with van der Waals surface area (Å²) in [7, 11) is 0. The summed E-state index contributed by atoms with van der Waals surface area (Å²) in [5.41, 5.74) is 0. The molecule has 444 valence electrons. The van der Waals surface area contributed by atoms with Gasteiger partial charge in [-0.05, 0) is 64.2 Å². The van der Waals surface area contributed by atoms with Crippen LogP contribution in [0.5, 0.6) is 0 Å². The van der Waals surface area contributed by atoms with E-state index in [2.05, 4.69) is 55.6 Å². The highest BCUT2D eigenvalue weighted by Crippen LogP contribution is 2.30. The molecule has 1 amide bonds. The zero-order valence-corrected chi connectivity index (χ0v) is 47.7. The second-order valence-electron chi connectivity index (χ2n) is 21.8. The van der Waals surface area contributed by atoms with Gasteiger partial charge in [0.15, 0.2) is 12.6 Å². The number of ether oxygens (including phenoxy) is 4. The van der Waals surface area contributed by atoms with Gasteiger partial charge in [-0.1, -0.05) is 223 Å². The average Bonchev–Trinajstić information content (AvgIpc) is 3.42. The Morgan fingerprint density at radius 1 is 0.474 bits per heavy atom. The maximum Gasteiger partial charge on any atom is 0.220 e. The summed E-state index contributed by atoms with van der Waals surface area (Å²) in [5.74, 6) is -0.263. The maximum absolute atomic E-state index is 13.2. The van der Waals surface area contributed by atoms with Crippen molar-refractivity contribution < 1.29 is 64.6 Å². The van der Waals surface area contributed by atoms with E-state index in [9.17, 15) is 45.6 Å². The fourth-order valence-corrected chi connectivity index (χ4v) is 9.99. The monoisotopic (exact) mass is 1080 g/mol. The zero-order chi connectivity index (χ0) is 55.3. The summed E-state index contributed by atoms with van der Waals surface area (Å²) in [6.07, 6.45) is 43.1. The van der Waals surface area contributed by atoms with Gasteiger partial charge in [-0.15, -0.1) is 0 Å². The number of carbonyl (C=O) groups is 1. The molecule has 0 radical (unpaired) electrons. The maximum atomic E-state index is 13.2. The average molecular weight is 1080 g/mol. The minimum absolute atomic E-state index is 0.257. The smallest absolute Gasteiger partial charge is 0.220 e. The van der Waals surface area contributed by atoms with Crippen molar-refractivity contribution in [1.29, 1.82) is 0 Å². The van der Waals surface area contributed by atoms with Gasteiger partial charge >= 0.3 is 0 Å². The normalized spacial score (nSPS) is 25.2. The molecule has 2 aliphatic heterocycles. The van der Waals surface area contributed by atoms with E-state index < -0.39 is 86.8 Å². The van der Waals surface area contributed by atoms with Crippen LogP contribution in [0.3, 0.4) is 0 Å². The number of hydrogen-bond donors (Lipinski definition) is 9. The largest absolute Gasteiger partial charge is 0.394 e. The highest BCUT2D eigenvalue weighted by atomic mass is 16.7. The van der Waals surface area contributed by atoms with Gasteiger partial charge in [0.25, 0.3) is 0 Å². The van der Waals surface area contributed by atoms with Gasteiger partial charge < -0.3 is 65.1 Å². The minimum atomic E-state index is -1.79. The Morgan fingerprint density at radius 3 is 1.39 bits per heavy atom. The van der Waals surface area contributed by atoms with Crippen LogP contribution in [0.1, 0.15) is 245 Å². The van der Waals surface area contributed by atoms with Crippen LogP contribution in [0.2, 0.25) is 0 Å². The van der Waals surface area contributed by atoms with Crippen LogP contribution in [0, 0.1) is 0 Å². The first-order valence-corrected chi connectivity index (χ1v) is 30.9. The van der Waals surface area contributed by atoms with Crippen LogP contribution < -0.4 is 5.32 Å². The number of amides is 1. The number of allylic oxidation sites excluding steroid dienone is 7. The van der Waals surface area contributed by atoms with E-state index in [-0.39, 0.29) is 18.9 Å². The molecule has 0 bridgehead atoms.